The Morgan fingerprint density at radius 2 is 0.972 bits per heavy atom. The minimum atomic E-state index is -2.33. The fourth-order valence-electron chi connectivity index (χ4n) is 8.95. The number of ether oxygens (including phenoxy) is 10. The molecule has 7 aromatic carbocycles. The lowest BCUT2D eigenvalue weighted by atomic mass is 9.80. The number of halogens is 1. The first-order valence-electron chi connectivity index (χ1n) is 24.2. The minimum Gasteiger partial charge on any atom is -0.497 e. The fraction of sp³-hybridized carbons (Fsp3) is 0.300. The maximum absolute atomic E-state index is 16.2. The number of benzene rings is 7. The second kappa shape index (κ2) is 24.3. The molecule has 374 valence electrons. The zero-order valence-corrected chi connectivity index (χ0v) is 40.6. The largest absolute Gasteiger partial charge is 0.497 e. The fourth-order valence-corrected chi connectivity index (χ4v) is 8.95. The van der Waals surface area contributed by atoms with Crippen molar-refractivity contribution in [1.82, 2.24) is 0 Å². The number of methoxy groups -OCH3 is 2. The Bertz CT molecular complexity index is 2670. The number of rotatable bonds is 24. The highest BCUT2D eigenvalue weighted by atomic mass is 19.1. The normalized spacial score (nSPS) is 19.6. The first-order chi connectivity index (χ1) is 35.3. The first-order valence-corrected chi connectivity index (χ1v) is 24.2. The van der Waals surface area contributed by atoms with Crippen molar-refractivity contribution in [3.63, 3.8) is 0 Å². The topological polar surface area (TPSA) is 113 Å². The lowest BCUT2D eigenvalue weighted by Crippen LogP contribution is -2.72. The van der Waals surface area contributed by atoms with E-state index in [0.29, 0.717) is 36.0 Å². The van der Waals surface area contributed by atoms with E-state index in [1.165, 1.54) is 12.1 Å². The maximum Gasteiger partial charge on any atom is 0.223 e. The van der Waals surface area contributed by atoms with E-state index in [1.54, 1.807) is 20.3 Å². The van der Waals surface area contributed by atoms with Crippen molar-refractivity contribution in [2.75, 3.05) is 40.6 Å². The van der Waals surface area contributed by atoms with Crippen molar-refractivity contribution in [1.29, 1.82) is 0 Å². The van der Waals surface area contributed by atoms with Crippen molar-refractivity contribution in [3.05, 3.63) is 232 Å². The Labute approximate surface area is 420 Å². The highest BCUT2D eigenvalue weighted by molar-refractivity contribution is 5.37. The van der Waals surface area contributed by atoms with Gasteiger partial charge in [0.05, 0.1) is 73.7 Å². The van der Waals surface area contributed by atoms with Crippen LogP contribution in [0.4, 0.5) is 4.39 Å². The second-order valence-corrected chi connectivity index (χ2v) is 18.1. The SMILES string of the molecule is COc1ccc(COCC2(COCc3ccc(OC)cc3)OC(O)(c3ccc(F)c(Cc4ccc(OC5COC5)cc4)c3)C(OCc3ccccc3)[C@@H](OCc3ccccc3)[C@@H]2OCc2ccccc2)cc1. The summed E-state index contributed by atoms with van der Waals surface area (Å²) in [5.74, 6) is -0.664. The predicted octanol–water partition coefficient (Wildman–Crippen LogP) is 10.3. The zero-order valence-electron chi connectivity index (χ0n) is 40.6. The molecule has 0 amide bonds. The maximum atomic E-state index is 16.2. The van der Waals surface area contributed by atoms with Gasteiger partial charge in [-0.1, -0.05) is 133 Å². The van der Waals surface area contributed by atoms with Crippen LogP contribution in [0.2, 0.25) is 0 Å². The zero-order chi connectivity index (χ0) is 49.6. The van der Waals surface area contributed by atoms with Gasteiger partial charge in [-0.3, -0.25) is 0 Å². The van der Waals surface area contributed by atoms with Gasteiger partial charge in [0, 0.05) is 12.0 Å². The predicted molar refractivity (Wildman–Crippen MR) is 269 cm³/mol. The summed E-state index contributed by atoms with van der Waals surface area (Å²) in [5, 5.41) is 13.9. The van der Waals surface area contributed by atoms with E-state index in [2.05, 4.69) is 0 Å². The molecule has 2 fully saturated rings. The third kappa shape index (κ3) is 12.8. The standard InChI is InChI=1S/C60H61FO11/c1-63-51-25-20-47(21-26-51)34-66-41-59(42-67-35-48-22-27-52(64-2)28-23-48)57(69-37-45-14-8-4-9-15-45)56(68-36-44-12-6-3-7-13-44)58(70-38-46-16-10-5-11-17-46)60(62,72-59)50-24-31-55(61)49(33-50)32-43-18-29-53(30-19-43)71-54-39-65-40-54/h3-31,33,54,56-58,62H,32,34-42H2,1-2H3/t56-,57-,58?,60?/m0/s1. The van der Waals surface area contributed by atoms with E-state index in [-0.39, 0.29) is 64.3 Å². The van der Waals surface area contributed by atoms with Gasteiger partial charge in [-0.15, -0.1) is 0 Å². The van der Waals surface area contributed by atoms with Crippen LogP contribution in [0.1, 0.15) is 44.5 Å². The lowest BCUT2D eigenvalue weighted by molar-refractivity contribution is -0.414. The van der Waals surface area contributed by atoms with Crippen LogP contribution in [-0.4, -0.2) is 75.8 Å². The minimum absolute atomic E-state index is 0.00918. The monoisotopic (exact) mass is 976 g/mol. The Morgan fingerprint density at radius 1 is 0.514 bits per heavy atom. The summed E-state index contributed by atoms with van der Waals surface area (Å²) in [6.45, 7) is 1.47. The molecule has 0 aliphatic carbocycles. The summed E-state index contributed by atoms with van der Waals surface area (Å²) in [6, 6.07) is 56.6. The van der Waals surface area contributed by atoms with Gasteiger partial charge in [0.2, 0.25) is 5.79 Å². The van der Waals surface area contributed by atoms with E-state index in [9.17, 15) is 5.11 Å². The van der Waals surface area contributed by atoms with E-state index < -0.39 is 35.5 Å². The van der Waals surface area contributed by atoms with Crippen molar-refractivity contribution < 1.29 is 56.9 Å². The number of hydrogen-bond acceptors (Lipinski definition) is 11. The Kier molecular flexibility index (Phi) is 17.0. The molecule has 9 rings (SSSR count). The van der Waals surface area contributed by atoms with E-state index in [4.69, 9.17) is 47.4 Å². The van der Waals surface area contributed by atoms with Crippen LogP contribution in [0, 0.1) is 5.82 Å². The summed E-state index contributed by atoms with van der Waals surface area (Å²) in [6.07, 6.45) is -3.14. The quantitative estimate of drug-likeness (QED) is 0.0625. The molecule has 2 unspecified atom stereocenters. The molecule has 2 saturated heterocycles. The Hall–Kier alpha value is -6.45. The number of aliphatic hydroxyl groups is 1. The summed E-state index contributed by atoms with van der Waals surface area (Å²) >= 11 is 0. The average molecular weight is 977 g/mol. The van der Waals surface area contributed by atoms with E-state index in [1.807, 2.05) is 164 Å². The molecule has 2 heterocycles. The highest BCUT2D eigenvalue weighted by Gasteiger charge is 2.64. The van der Waals surface area contributed by atoms with Crippen LogP contribution in [0.3, 0.4) is 0 Å². The summed E-state index contributed by atoms with van der Waals surface area (Å²) in [5.41, 5.74) is 4.17. The van der Waals surface area contributed by atoms with Crippen LogP contribution in [0.15, 0.2) is 182 Å². The van der Waals surface area contributed by atoms with Gasteiger partial charge in [-0.05, 0) is 87.5 Å². The Morgan fingerprint density at radius 3 is 1.46 bits per heavy atom. The van der Waals surface area contributed by atoms with Crippen molar-refractivity contribution in [3.8, 4) is 17.2 Å². The molecule has 0 aromatic heterocycles. The van der Waals surface area contributed by atoms with Gasteiger partial charge in [-0.2, -0.15) is 0 Å². The molecule has 72 heavy (non-hydrogen) atoms. The molecule has 1 N–H and O–H groups in total. The Balaban J connectivity index is 1.15. The number of hydrogen-bond donors (Lipinski definition) is 1. The van der Waals surface area contributed by atoms with Gasteiger partial charge in [0.15, 0.2) is 0 Å². The molecular formula is C60H61FO11. The second-order valence-electron chi connectivity index (χ2n) is 18.1. The van der Waals surface area contributed by atoms with Crippen molar-refractivity contribution in [2.45, 2.75) is 75.3 Å². The summed E-state index contributed by atoms with van der Waals surface area (Å²) < 4.78 is 80.3. The average Bonchev–Trinajstić information content (AvgIpc) is 3.41. The van der Waals surface area contributed by atoms with Crippen LogP contribution < -0.4 is 14.2 Å². The summed E-state index contributed by atoms with van der Waals surface area (Å²) in [7, 11) is 3.24. The molecule has 2 aliphatic heterocycles. The van der Waals surface area contributed by atoms with Crippen LogP contribution in [-0.2, 0) is 78.4 Å². The molecule has 0 saturated carbocycles. The van der Waals surface area contributed by atoms with Crippen LogP contribution >= 0.6 is 0 Å². The first kappa shape index (κ1) is 50.5. The van der Waals surface area contributed by atoms with E-state index in [0.717, 1.165) is 33.4 Å². The molecular weight excluding hydrogens is 916 g/mol. The molecule has 7 aromatic rings. The van der Waals surface area contributed by atoms with Crippen molar-refractivity contribution >= 4 is 0 Å². The third-order valence-corrected chi connectivity index (χ3v) is 12.9. The van der Waals surface area contributed by atoms with Crippen LogP contribution in [0.5, 0.6) is 17.2 Å². The van der Waals surface area contributed by atoms with Gasteiger partial charge in [0.1, 0.15) is 53.1 Å². The summed E-state index contributed by atoms with van der Waals surface area (Å²) in [4.78, 5) is 0. The molecule has 0 bridgehead atoms. The van der Waals surface area contributed by atoms with Gasteiger partial charge in [0.25, 0.3) is 0 Å². The van der Waals surface area contributed by atoms with Gasteiger partial charge in [-0.25, -0.2) is 4.39 Å². The molecule has 4 atom stereocenters. The molecule has 0 radical (unpaired) electrons. The van der Waals surface area contributed by atoms with Gasteiger partial charge >= 0.3 is 0 Å². The lowest BCUT2D eigenvalue weighted by Gasteiger charge is -2.55. The third-order valence-electron chi connectivity index (χ3n) is 12.9. The highest BCUT2D eigenvalue weighted by Crippen LogP contribution is 2.47. The van der Waals surface area contributed by atoms with Crippen LogP contribution in [0.25, 0.3) is 0 Å². The smallest absolute Gasteiger partial charge is 0.223 e. The molecule has 11 nitrogen and oxygen atoms in total. The molecule has 12 heteroatoms. The van der Waals surface area contributed by atoms with Crippen molar-refractivity contribution in [2.24, 2.45) is 0 Å². The van der Waals surface area contributed by atoms with E-state index >= 15 is 4.39 Å². The van der Waals surface area contributed by atoms with Gasteiger partial charge < -0.3 is 52.5 Å². The molecule has 0 spiro atoms. The molecule has 2 aliphatic rings.